The van der Waals surface area contributed by atoms with Gasteiger partial charge in [0.2, 0.25) is 11.9 Å². The van der Waals surface area contributed by atoms with Crippen LogP contribution in [0.2, 0.25) is 0 Å². The third kappa shape index (κ3) is 6.74. The average Bonchev–Trinajstić information content (AvgIpc) is 3.37. The van der Waals surface area contributed by atoms with E-state index in [0.29, 0.717) is 66.7 Å². The number of aromatic nitrogens is 4. The summed E-state index contributed by atoms with van der Waals surface area (Å²) in [4.78, 5) is 25.8. The van der Waals surface area contributed by atoms with Crippen molar-refractivity contribution in [3.63, 3.8) is 0 Å². The minimum Gasteiger partial charge on any atom is -0.353 e. The fourth-order valence-electron chi connectivity index (χ4n) is 6.78. The zero-order valence-electron chi connectivity index (χ0n) is 23.7. The zero-order valence-corrected chi connectivity index (χ0v) is 24.5. The Morgan fingerprint density at radius 1 is 0.881 bits per heavy atom. The molecule has 1 saturated carbocycles. The van der Waals surface area contributed by atoms with Crippen LogP contribution in [-0.4, -0.2) is 64.9 Å². The van der Waals surface area contributed by atoms with Crippen molar-refractivity contribution in [2.75, 3.05) is 47.4 Å². The van der Waals surface area contributed by atoms with Gasteiger partial charge in [0.05, 0.1) is 6.42 Å². The van der Waals surface area contributed by atoms with Crippen LogP contribution in [0.4, 0.5) is 30.9 Å². The highest BCUT2D eigenvalue weighted by Crippen LogP contribution is 2.37. The molecule has 0 amide bonds. The molecular formula is C31H37ClF3N7. The molecule has 0 N–H and O–H groups in total. The molecule has 6 rings (SSSR count). The van der Waals surface area contributed by atoms with E-state index in [-0.39, 0.29) is 5.56 Å². The van der Waals surface area contributed by atoms with Crippen LogP contribution in [0.1, 0.15) is 62.8 Å². The van der Waals surface area contributed by atoms with E-state index in [9.17, 15) is 13.2 Å². The summed E-state index contributed by atoms with van der Waals surface area (Å²) in [7, 11) is 0. The fraction of sp³-hybridized carbons (Fsp3) is 0.548. The number of rotatable bonds is 5. The molecule has 2 unspecified atom stereocenters. The summed E-state index contributed by atoms with van der Waals surface area (Å²) < 4.78 is 39.7. The Morgan fingerprint density at radius 3 is 2.48 bits per heavy atom. The van der Waals surface area contributed by atoms with Gasteiger partial charge in [0, 0.05) is 61.1 Å². The van der Waals surface area contributed by atoms with E-state index >= 15 is 0 Å². The number of halogens is 4. The zero-order chi connectivity index (χ0) is 29.1. The molecule has 224 valence electrons. The van der Waals surface area contributed by atoms with Crippen LogP contribution in [-0.2, 0) is 6.42 Å². The first kappa shape index (κ1) is 29.0. The van der Waals surface area contributed by atoms with Crippen LogP contribution in [0.15, 0.2) is 47.7 Å². The second-order valence-electron chi connectivity index (χ2n) is 11.6. The van der Waals surface area contributed by atoms with Gasteiger partial charge in [-0.3, -0.25) is 0 Å². The Morgan fingerprint density at radius 2 is 1.64 bits per heavy atom. The summed E-state index contributed by atoms with van der Waals surface area (Å²) >= 11 is 6.44. The lowest BCUT2D eigenvalue weighted by atomic mass is 9.86. The van der Waals surface area contributed by atoms with E-state index in [2.05, 4.69) is 20.9 Å². The normalized spacial score (nSPS) is 23.6. The molecule has 0 radical (unpaired) electrons. The first-order chi connectivity index (χ1) is 20.3. The predicted octanol–water partition coefficient (Wildman–Crippen LogP) is 6.71. The Hall–Kier alpha value is -3.14. The molecule has 2 saturated heterocycles. The predicted molar refractivity (Wildman–Crippen MR) is 161 cm³/mol. The van der Waals surface area contributed by atoms with Crippen LogP contribution in [0.3, 0.4) is 0 Å². The molecule has 4 heterocycles. The van der Waals surface area contributed by atoms with Crippen molar-refractivity contribution in [3.8, 4) is 0 Å². The lowest BCUT2D eigenvalue weighted by molar-refractivity contribution is -0.127. The molecule has 0 aromatic carbocycles. The topological polar surface area (TPSA) is 61.3 Å². The molecular weight excluding hydrogens is 563 g/mol. The monoisotopic (exact) mass is 599 g/mol. The lowest BCUT2D eigenvalue weighted by Gasteiger charge is -2.41. The minimum atomic E-state index is -4.29. The summed E-state index contributed by atoms with van der Waals surface area (Å²) in [5.41, 5.74) is 1.07. The molecule has 42 heavy (non-hydrogen) atoms. The summed E-state index contributed by atoms with van der Waals surface area (Å²) in [6, 6.07) is 3.51. The number of anilines is 3. The third-order valence-corrected chi connectivity index (χ3v) is 9.02. The molecule has 0 spiro atoms. The van der Waals surface area contributed by atoms with Crippen LogP contribution >= 0.6 is 11.6 Å². The number of allylic oxidation sites excluding steroid dienone is 6. The van der Waals surface area contributed by atoms with E-state index in [0.717, 1.165) is 31.4 Å². The Bertz CT molecular complexity index is 1350. The Labute approximate surface area is 250 Å². The van der Waals surface area contributed by atoms with Gasteiger partial charge in [-0.2, -0.15) is 28.1 Å². The van der Waals surface area contributed by atoms with Gasteiger partial charge in [-0.1, -0.05) is 49.1 Å². The highest BCUT2D eigenvalue weighted by atomic mass is 35.5. The number of piperazine rings is 1. The Kier molecular flexibility index (Phi) is 8.70. The summed E-state index contributed by atoms with van der Waals surface area (Å²) in [5, 5.41) is 0.628. The Balaban J connectivity index is 1.29. The van der Waals surface area contributed by atoms with Crippen molar-refractivity contribution >= 4 is 34.9 Å². The maximum Gasteiger partial charge on any atom is 0.393 e. The second kappa shape index (κ2) is 12.6. The van der Waals surface area contributed by atoms with Gasteiger partial charge in [0.1, 0.15) is 5.82 Å². The number of hydrogen-bond donors (Lipinski definition) is 0. The summed E-state index contributed by atoms with van der Waals surface area (Å²) in [6.45, 7) is 3.09. The number of nitrogens with zero attached hydrogens (tertiary/aromatic N) is 7. The van der Waals surface area contributed by atoms with Gasteiger partial charge >= 0.3 is 6.18 Å². The van der Waals surface area contributed by atoms with E-state index in [1.54, 1.807) is 12.3 Å². The van der Waals surface area contributed by atoms with Gasteiger partial charge in [0.15, 0.2) is 5.82 Å². The first-order valence-corrected chi connectivity index (χ1v) is 15.5. The largest absolute Gasteiger partial charge is 0.393 e. The van der Waals surface area contributed by atoms with Gasteiger partial charge < -0.3 is 14.7 Å². The van der Waals surface area contributed by atoms with Crippen LogP contribution in [0.25, 0.3) is 5.57 Å². The van der Waals surface area contributed by atoms with Crippen molar-refractivity contribution in [1.82, 2.24) is 19.9 Å². The standard InChI is InChI=1S/C31H37ClF3N7/c32-25-12-5-4-9-23(20-25)27-37-29(39-30(38-27)42-15-7-11-22-8-2-1-3-13-26(22)42)41-18-16-40(17-19-41)28-24(10-6-14-36-28)21-31(33,34)35/h5-6,9-10,12,14,20,22,26H,1-4,7-8,11,13,15-19,21H2. The molecule has 3 fully saturated rings. The molecule has 7 nitrogen and oxygen atoms in total. The van der Waals surface area contributed by atoms with Crippen LogP contribution in [0, 0.1) is 5.92 Å². The van der Waals surface area contributed by atoms with E-state index in [1.807, 2.05) is 23.1 Å². The van der Waals surface area contributed by atoms with Crippen molar-refractivity contribution in [1.29, 1.82) is 0 Å². The molecule has 2 aliphatic carbocycles. The lowest BCUT2D eigenvalue weighted by Crippen LogP contribution is -2.48. The van der Waals surface area contributed by atoms with E-state index < -0.39 is 12.6 Å². The highest BCUT2D eigenvalue weighted by molar-refractivity contribution is 6.31. The molecule has 4 aliphatic rings. The van der Waals surface area contributed by atoms with Crippen LogP contribution in [0.5, 0.6) is 0 Å². The molecule has 2 aromatic rings. The number of pyridine rings is 1. The summed E-state index contributed by atoms with van der Waals surface area (Å²) in [6.07, 6.45) is 13.5. The molecule has 0 bridgehead atoms. The van der Waals surface area contributed by atoms with Crippen LogP contribution < -0.4 is 14.7 Å². The number of alkyl halides is 3. The minimum absolute atomic E-state index is 0.198. The summed E-state index contributed by atoms with van der Waals surface area (Å²) in [5.74, 6) is 2.98. The first-order valence-electron chi connectivity index (χ1n) is 15.1. The smallest absolute Gasteiger partial charge is 0.353 e. The highest BCUT2D eigenvalue weighted by Gasteiger charge is 2.35. The van der Waals surface area contributed by atoms with Crippen molar-refractivity contribution in [2.45, 2.75) is 70.0 Å². The molecule has 2 aliphatic heterocycles. The van der Waals surface area contributed by atoms with Gasteiger partial charge in [0.25, 0.3) is 0 Å². The maximum absolute atomic E-state index is 13.2. The van der Waals surface area contributed by atoms with Gasteiger partial charge in [-0.25, -0.2) is 4.98 Å². The molecule has 2 aromatic heterocycles. The number of piperidine rings is 1. The maximum atomic E-state index is 13.2. The quantitative estimate of drug-likeness (QED) is 0.378. The average molecular weight is 600 g/mol. The van der Waals surface area contributed by atoms with Gasteiger partial charge in [-0.15, -0.1) is 0 Å². The molecule has 11 heteroatoms. The second-order valence-corrected chi connectivity index (χ2v) is 12.1. The molecule has 2 atom stereocenters. The van der Waals surface area contributed by atoms with Crippen molar-refractivity contribution < 1.29 is 13.2 Å². The number of fused-ring (bicyclic) bond motifs is 1. The van der Waals surface area contributed by atoms with Crippen molar-refractivity contribution in [3.05, 3.63) is 59.1 Å². The SMILES string of the molecule is FC(F)(F)Cc1cccnc1N1CCN(c2nc(C3=CCC=CC(Cl)=C3)nc(N3CCCC4CCCCCC43)n2)CC1. The van der Waals surface area contributed by atoms with E-state index in [1.165, 1.54) is 38.2 Å². The fourth-order valence-corrected chi connectivity index (χ4v) is 6.98. The number of hydrogen-bond acceptors (Lipinski definition) is 7. The third-order valence-electron chi connectivity index (χ3n) is 8.78. The van der Waals surface area contributed by atoms with Gasteiger partial charge in [-0.05, 0) is 56.2 Å². The van der Waals surface area contributed by atoms with E-state index in [4.69, 9.17) is 26.6 Å². The van der Waals surface area contributed by atoms with Crippen molar-refractivity contribution in [2.24, 2.45) is 5.92 Å².